The van der Waals surface area contributed by atoms with Gasteiger partial charge in [-0.25, -0.2) is 0 Å². The number of benzene rings is 2. The second kappa shape index (κ2) is 10.4. The van der Waals surface area contributed by atoms with Gasteiger partial charge in [0.2, 0.25) is 0 Å². The summed E-state index contributed by atoms with van der Waals surface area (Å²) >= 11 is 3.38. The molecule has 0 radical (unpaired) electrons. The van der Waals surface area contributed by atoms with Crippen LogP contribution in [0.25, 0.3) is 0 Å². The summed E-state index contributed by atoms with van der Waals surface area (Å²) in [5, 5.41) is 9.62. The average molecular weight is 645 g/mol. The lowest BCUT2D eigenvalue weighted by molar-refractivity contribution is 0.304. The Hall–Kier alpha value is -1.48. The number of alkyl halides is 1. The highest BCUT2D eigenvalue weighted by Gasteiger charge is 2.66. The van der Waals surface area contributed by atoms with E-state index in [2.05, 4.69) is 15.9 Å². The van der Waals surface area contributed by atoms with Gasteiger partial charge in [-0.05, 0) is 61.4 Å². The van der Waals surface area contributed by atoms with E-state index >= 15 is 0 Å². The molecule has 0 fully saturated rings. The largest absolute Gasteiger partial charge is 0.508 e. The van der Waals surface area contributed by atoms with Crippen molar-refractivity contribution in [1.29, 1.82) is 0 Å². The number of aromatic hydroxyl groups is 1. The molecular formula is C21H27BrF10O2S2. The minimum atomic E-state index is -9.58. The van der Waals surface area contributed by atoms with Gasteiger partial charge in [-0.3, -0.25) is 0 Å². The first-order valence-electron chi connectivity index (χ1n) is 10.6. The van der Waals surface area contributed by atoms with Crippen molar-refractivity contribution >= 4 is 36.4 Å². The van der Waals surface area contributed by atoms with E-state index in [4.69, 9.17) is 9.84 Å². The van der Waals surface area contributed by atoms with Crippen LogP contribution in [0.2, 0.25) is 0 Å². The molecule has 2 nitrogen and oxygen atoms in total. The van der Waals surface area contributed by atoms with Crippen molar-refractivity contribution in [1.82, 2.24) is 0 Å². The third-order valence-electron chi connectivity index (χ3n) is 4.60. The molecule has 0 spiro atoms. The van der Waals surface area contributed by atoms with Crippen molar-refractivity contribution in [3.05, 3.63) is 48.5 Å². The van der Waals surface area contributed by atoms with Gasteiger partial charge < -0.3 is 9.84 Å². The number of phenolic OH excluding ortho intramolecular Hbond substituents is 1. The standard InChI is InChI=1S/C15H22BrF5OS.C6H5F5OS/c16-12-6-4-2-1-3-5-7-13-22-14-8-10-15(11-9-14)23(17,18,19,20)21;7-13(8,9,10,11)6-3-1-5(12)2-4-6/h8-11H,1-7,12-13H2;1-4,12H. The van der Waals surface area contributed by atoms with Crippen LogP contribution in [-0.4, -0.2) is 17.0 Å². The summed E-state index contributed by atoms with van der Waals surface area (Å²) in [5.41, 5.74) is 0. The Balaban J connectivity index is 0.000000420. The van der Waals surface area contributed by atoms with E-state index in [0.29, 0.717) is 30.9 Å². The zero-order valence-corrected chi connectivity index (χ0v) is 22.0. The van der Waals surface area contributed by atoms with E-state index in [9.17, 15) is 38.9 Å². The summed E-state index contributed by atoms with van der Waals surface area (Å²) in [6.07, 6.45) is 7.61. The van der Waals surface area contributed by atoms with E-state index in [0.717, 1.165) is 43.1 Å². The van der Waals surface area contributed by atoms with E-state index in [-0.39, 0.29) is 17.9 Å². The number of halogens is 11. The summed E-state index contributed by atoms with van der Waals surface area (Å²) in [5.74, 6) is -0.321. The number of ether oxygens (including phenoxy) is 1. The van der Waals surface area contributed by atoms with Crippen LogP contribution in [0.4, 0.5) is 38.9 Å². The summed E-state index contributed by atoms with van der Waals surface area (Å²) in [4.78, 5) is -3.89. The highest BCUT2D eigenvalue weighted by molar-refractivity contribution is 9.09. The summed E-state index contributed by atoms with van der Waals surface area (Å²) in [6.45, 7) is 0.372. The number of unbranched alkanes of at least 4 members (excludes halogenated alkanes) is 6. The minimum absolute atomic E-state index is 0.150. The van der Waals surface area contributed by atoms with Crippen LogP contribution in [0.3, 0.4) is 0 Å². The molecule has 15 heteroatoms. The zero-order valence-electron chi connectivity index (χ0n) is 18.8. The number of hydrogen-bond acceptors (Lipinski definition) is 2. The number of hydrogen-bond donors (Lipinski definition) is 1. The predicted molar refractivity (Wildman–Crippen MR) is 129 cm³/mol. The number of rotatable bonds is 12. The van der Waals surface area contributed by atoms with Crippen molar-refractivity contribution in [3.63, 3.8) is 0 Å². The van der Waals surface area contributed by atoms with Crippen LogP contribution in [0.1, 0.15) is 44.9 Å². The quantitative estimate of drug-likeness (QED) is 0.141. The Morgan fingerprint density at radius 3 is 1.31 bits per heavy atom. The van der Waals surface area contributed by atoms with Gasteiger partial charge in [-0.1, -0.05) is 86.9 Å². The second-order valence-corrected chi connectivity index (χ2v) is 13.5. The van der Waals surface area contributed by atoms with Gasteiger partial charge in [0, 0.05) is 5.33 Å². The van der Waals surface area contributed by atoms with Crippen LogP contribution in [0, 0.1) is 0 Å². The Morgan fingerprint density at radius 2 is 0.917 bits per heavy atom. The molecule has 212 valence electrons. The molecule has 1 N–H and O–H groups in total. The topological polar surface area (TPSA) is 29.5 Å². The summed E-state index contributed by atoms with van der Waals surface area (Å²) in [7, 11) is -19.1. The van der Waals surface area contributed by atoms with Crippen molar-refractivity contribution < 1.29 is 48.7 Å². The fraction of sp³-hybridized carbons (Fsp3) is 0.429. The summed E-state index contributed by atoms with van der Waals surface area (Å²) < 4.78 is 128. The molecule has 36 heavy (non-hydrogen) atoms. The van der Waals surface area contributed by atoms with Crippen molar-refractivity contribution in [2.45, 2.75) is 54.7 Å². The fourth-order valence-corrected chi connectivity index (χ4v) is 4.46. The van der Waals surface area contributed by atoms with Gasteiger partial charge in [0.25, 0.3) is 0 Å². The van der Waals surface area contributed by atoms with Crippen LogP contribution >= 0.6 is 36.4 Å². The first-order chi connectivity index (χ1) is 16.0. The Kier molecular flexibility index (Phi) is 9.36. The second-order valence-electron chi connectivity index (χ2n) is 7.92. The normalized spacial score (nSPS) is 16.0. The first-order valence-corrected chi connectivity index (χ1v) is 15.6. The molecule has 0 heterocycles. The summed E-state index contributed by atoms with van der Waals surface area (Å²) in [6, 6.07) is 4.05. The van der Waals surface area contributed by atoms with Crippen LogP contribution in [-0.2, 0) is 0 Å². The molecule has 0 unspecified atom stereocenters. The number of phenols is 1. The van der Waals surface area contributed by atoms with E-state index in [1.54, 1.807) is 0 Å². The van der Waals surface area contributed by atoms with Gasteiger partial charge in [-0.15, -0.1) is 0 Å². The van der Waals surface area contributed by atoms with E-state index < -0.39 is 36.0 Å². The SMILES string of the molecule is FS(F)(F)(F)(F)c1ccc(OCCCCCCCCCBr)cc1.Oc1ccc(S(F)(F)(F)(F)F)cc1. The molecular weight excluding hydrogens is 618 g/mol. The maximum absolute atomic E-state index is 12.5. The van der Waals surface area contributed by atoms with Crippen LogP contribution in [0.15, 0.2) is 58.3 Å². The van der Waals surface area contributed by atoms with Crippen molar-refractivity contribution in [3.8, 4) is 11.5 Å². The van der Waals surface area contributed by atoms with Crippen LogP contribution in [0.5, 0.6) is 11.5 Å². The highest BCUT2D eigenvalue weighted by Crippen LogP contribution is 3.02. The molecule has 2 aromatic carbocycles. The molecule has 0 bridgehead atoms. The molecule has 0 aliphatic rings. The molecule has 0 saturated carbocycles. The highest BCUT2D eigenvalue weighted by atomic mass is 79.9. The Labute approximate surface area is 211 Å². The lowest BCUT2D eigenvalue weighted by atomic mass is 10.1. The van der Waals surface area contributed by atoms with E-state index in [1.165, 1.54) is 19.3 Å². The van der Waals surface area contributed by atoms with E-state index in [1.807, 2.05) is 0 Å². The molecule has 0 aliphatic carbocycles. The van der Waals surface area contributed by atoms with Gasteiger partial charge in [0.15, 0.2) is 0 Å². The van der Waals surface area contributed by atoms with Gasteiger partial charge in [0.1, 0.15) is 21.3 Å². The Bertz CT molecular complexity index is 966. The lowest BCUT2D eigenvalue weighted by Gasteiger charge is -2.40. The van der Waals surface area contributed by atoms with Crippen molar-refractivity contribution in [2.24, 2.45) is 0 Å². The van der Waals surface area contributed by atoms with Gasteiger partial charge in [-0.2, -0.15) is 0 Å². The molecule has 0 amide bonds. The monoisotopic (exact) mass is 644 g/mol. The predicted octanol–water partition coefficient (Wildman–Crippen LogP) is 11.9. The molecule has 0 atom stereocenters. The van der Waals surface area contributed by atoms with Crippen LogP contribution < -0.4 is 4.74 Å². The maximum atomic E-state index is 12.5. The minimum Gasteiger partial charge on any atom is -0.508 e. The lowest BCUT2D eigenvalue weighted by Crippen LogP contribution is -2.06. The third kappa shape index (κ3) is 13.2. The Morgan fingerprint density at radius 1 is 0.556 bits per heavy atom. The molecule has 2 aromatic rings. The van der Waals surface area contributed by atoms with Gasteiger partial charge >= 0.3 is 20.4 Å². The maximum Gasteiger partial charge on any atom is 0.310 e. The third-order valence-corrected chi connectivity index (χ3v) is 7.48. The molecule has 0 aromatic heterocycles. The molecule has 2 rings (SSSR count). The van der Waals surface area contributed by atoms with Crippen molar-refractivity contribution in [2.75, 3.05) is 11.9 Å². The zero-order chi connectivity index (χ0) is 27.9. The molecule has 0 saturated heterocycles. The molecule has 0 aliphatic heterocycles. The first kappa shape index (κ1) is 32.5. The smallest absolute Gasteiger partial charge is 0.310 e. The van der Waals surface area contributed by atoms with Gasteiger partial charge in [0.05, 0.1) is 6.61 Å². The average Bonchev–Trinajstić information content (AvgIpc) is 2.70. The fourth-order valence-electron chi connectivity index (χ4n) is 2.77.